The van der Waals surface area contributed by atoms with Gasteiger partial charge in [-0.15, -0.1) is 11.3 Å². The van der Waals surface area contributed by atoms with E-state index in [2.05, 4.69) is 5.32 Å². The fraction of sp³-hybridized carbons (Fsp3) is 0.261. The Bertz CT molecular complexity index is 1430. The van der Waals surface area contributed by atoms with E-state index >= 15 is 0 Å². The molecule has 1 N–H and O–H groups in total. The molecule has 5 rings (SSSR count). The van der Waals surface area contributed by atoms with E-state index in [1.165, 1.54) is 22.2 Å². The van der Waals surface area contributed by atoms with Gasteiger partial charge in [0.25, 0.3) is 5.56 Å². The number of benzene rings is 1. The fourth-order valence-corrected chi connectivity index (χ4v) is 5.73. The van der Waals surface area contributed by atoms with Gasteiger partial charge in [0.05, 0.1) is 18.2 Å². The van der Waals surface area contributed by atoms with Crippen molar-refractivity contribution in [3.63, 3.8) is 0 Å². The molecule has 4 aromatic rings. The minimum Gasteiger partial charge on any atom is -0.467 e. The average Bonchev–Trinajstić information content (AvgIpc) is 3.42. The molecule has 0 spiro atoms. The quantitative estimate of drug-likeness (QED) is 0.478. The maximum Gasteiger partial charge on any atom is 0.333 e. The largest absolute Gasteiger partial charge is 0.467 e. The van der Waals surface area contributed by atoms with Gasteiger partial charge in [-0.3, -0.25) is 18.7 Å². The van der Waals surface area contributed by atoms with Crippen molar-refractivity contribution in [3.05, 3.63) is 84.7 Å². The molecule has 0 atom stereocenters. The lowest BCUT2D eigenvalue weighted by Crippen LogP contribution is -2.41. The molecule has 1 aliphatic carbocycles. The van der Waals surface area contributed by atoms with Gasteiger partial charge in [-0.05, 0) is 61.6 Å². The van der Waals surface area contributed by atoms with Crippen molar-refractivity contribution in [1.82, 2.24) is 9.13 Å². The van der Waals surface area contributed by atoms with Crippen LogP contribution in [-0.4, -0.2) is 15.0 Å². The summed E-state index contributed by atoms with van der Waals surface area (Å²) in [5, 5.41) is 3.83. The van der Waals surface area contributed by atoms with Crippen molar-refractivity contribution in [3.8, 4) is 0 Å². The number of nitrogens with zero attached hydrogens (tertiary/aromatic N) is 2. The molecule has 0 unspecified atom stereocenters. The van der Waals surface area contributed by atoms with Crippen LogP contribution in [0.2, 0.25) is 5.02 Å². The summed E-state index contributed by atoms with van der Waals surface area (Å²) in [6.45, 7) is -0.194. The zero-order valence-corrected chi connectivity index (χ0v) is 18.7. The number of aryl methyl sites for hydroxylation is 2. The molecule has 3 aromatic heterocycles. The third-order valence-corrected chi connectivity index (χ3v) is 7.17. The summed E-state index contributed by atoms with van der Waals surface area (Å²) in [6, 6.07) is 10.2. The number of aromatic nitrogens is 2. The van der Waals surface area contributed by atoms with Crippen LogP contribution in [0.4, 0.5) is 5.69 Å². The summed E-state index contributed by atoms with van der Waals surface area (Å²) in [5.74, 6) is 0.132. The lowest BCUT2D eigenvalue weighted by Gasteiger charge is -2.13. The molecule has 0 aliphatic heterocycles. The Morgan fingerprint density at radius 2 is 1.97 bits per heavy atom. The van der Waals surface area contributed by atoms with E-state index in [1.54, 1.807) is 36.4 Å². The Labute approximate surface area is 191 Å². The number of rotatable bonds is 5. The van der Waals surface area contributed by atoms with Gasteiger partial charge in [0, 0.05) is 15.6 Å². The summed E-state index contributed by atoms with van der Waals surface area (Å²) in [4.78, 5) is 41.3. The number of hydrogen-bond acceptors (Lipinski definition) is 5. The van der Waals surface area contributed by atoms with Crippen molar-refractivity contribution in [2.75, 3.05) is 5.32 Å². The van der Waals surface area contributed by atoms with Crippen LogP contribution in [0.3, 0.4) is 0 Å². The second kappa shape index (κ2) is 8.44. The fourth-order valence-electron chi connectivity index (χ4n) is 4.16. The SMILES string of the molecule is O=C(Cn1c(=O)n(Cc2ccco2)c(=O)c2c3c(sc21)CCCC3)Nc1cccc(Cl)c1. The van der Waals surface area contributed by atoms with Crippen LogP contribution in [-0.2, 0) is 30.7 Å². The van der Waals surface area contributed by atoms with E-state index in [4.69, 9.17) is 16.0 Å². The first-order valence-corrected chi connectivity index (χ1v) is 11.6. The number of thiophene rings is 1. The van der Waals surface area contributed by atoms with Crippen LogP contribution >= 0.6 is 22.9 Å². The van der Waals surface area contributed by atoms with Crippen LogP contribution in [0.5, 0.6) is 0 Å². The van der Waals surface area contributed by atoms with E-state index < -0.39 is 5.69 Å². The van der Waals surface area contributed by atoms with Crippen molar-refractivity contribution < 1.29 is 9.21 Å². The minimum atomic E-state index is -0.529. The van der Waals surface area contributed by atoms with Gasteiger partial charge in [-0.25, -0.2) is 4.79 Å². The monoisotopic (exact) mass is 469 g/mol. The van der Waals surface area contributed by atoms with Gasteiger partial charge < -0.3 is 9.73 Å². The average molecular weight is 470 g/mol. The van der Waals surface area contributed by atoms with E-state index in [0.717, 1.165) is 40.7 Å². The Balaban J connectivity index is 1.61. The lowest BCUT2D eigenvalue weighted by atomic mass is 9.97. The maximum atomic E-state index is 13.4. The predicted molar refractivity (Wildman–Crippen MR) is 125 cm³/mol. The molecule has 164 valence electrons. The lowest BCUT2D eigenvalue weighted by molar-refractivity contribution is -0.116. The van der Waals surface area contributed by atoms with Gasteiger partial charge in [-0.2, -0.15) is 0 Å². The first kappa shape index (κ1) is 20.8. The van der Waals surface area contributed by atoms with Crippen LogP contribution < -0.4 is 16.6 Å². The van der Waals surface area contributed by atoms with Crippen LogP contribution in [0, 0.1) is 0 Å². The number of carbonyl (C=O) groups excluding carboxylic acids is 1. The van der Waals surface area contributed by atoms with Gasteiger partial charge in [0.1, 0.15) is 17.1 Å². The number of nitrogens with one attached hydrogen (secondary N) is 1. The maximum absolute atomic E-state index is 13.4. The highest BCUT2D eigenvalue weighted by Gasteiger charge is 2.24. The molecule has 1 aliphatic rings. The highest BCUT2D eigenvalue weighted by atomic mass is 35.5. The minimum absolute atomic E-state index is 0.0150. The number of fused-ring (bicyclic) bond motifs is 3. The molecule has 0 saturated heterocycles. The van der Waals surface area contributed by atoms with Crippen molar-refractivity contribution in [1.29, 1.82) is 0 Å². The summed E-state index contributed by atoms with van der Waals surface area (Å²) >= 11 is 7.45. The van der Waals surface area contributed by atoms with Crippen LogP contribution in [0.15, 0.2) is 56.7 Å². The molecule has 32 heavy (non-hydrogen) atoms. The first-order valence-electron chi connectivity index (χ1n) is 10.4. The first-order chi connectivity index (χ1) is 15.5. The number of hydrogen-bond donors (Lipinski definition) is 1. The van der Waals surface area contributed by atoms with Crippen molar-refractivity contribution in [2.45, 2.75) is 38.8 Å². The number of anilines is 1. The molecule has 0 saturated carbocycles. The van der Waals surface area contributed by atoms with E-state index in [-0.39, 0.29) is 24.6 Å². The summed E-state index contributed by atoms with van der Waals surface area (Å²) in [6.07, 6.45) is 5.25. The molecule has 1 amide bonds. The predicted octanol–water partition coefficient (Wildman–Crippen LogP) is 4.04. The molecule has 0 fully saturated rings. The number of halogens is 1. The molecule has 7 nitrogen and oxygen atoms in total. The molecule has 9 heteroatoms. The van der Waals surface area contributed by atoms with Crippen LogP contribution in [0.25, 0.3) is 10.2 Å². The Morgan fingerprint density at radius 1 is 1.12 bits per heavy atom. The van der Waals surface area contributed by atoms with Crippen molar-refractivity contribution in [2.24, 2.45) is 0 Å². The van der Waals surface area contributed by atoms with Crippen LogP contribution in [0.1, 0.15) is 29.0 Å². The Hall–Kier alpha value is -3.10. The third-order valence-electron chi connectivity index (χ3n) is 5.62. The standard InChI is InChI=1S/C23H20ClN3O4S/c24-14-5-3-6-15(11-14)25-19(28)13-27-22-20(17-8-1-2-9-18(17)32-22)21(29)26(23(27)30)12-16-7-4-10-31-16/h3-7,10-11H,1-2,8-9,12-13H2,(H,25,28). The smallest absolute Gasteiger partial charge is 0.333 e. The van der Waals surface area contributed by atoms with Gasteiger partial charge in [-0.1, -0.05) is 17.7 Å². The molecule has 0 radical (unpaired) electrons. The molecular formula is C23H20ClN3O4S. The normalized spacial score (nSPS) is 13.3. The summed E-state index contributed by atoms with van der Waals surface area (Å²) in [7, 11) is 0. The molecular weight excluding hydrogens is 450 g/mol. The van der Waals surface area contributed by atoms with Gasteiger partial charge in [0.15, 0.2) is 0 Å². The number of furan rings is 1. The summed E-state index contributed by atoms with van der Waals surface area (Å²) < 4.78 is 7.94. The van der Waals surface area contributed by atoms with E-state index in [9.17, 15) is 14.4 Å². The highest BCUT2D eigenvalue weighted by molar-refractivity contribution is 7.18. The number of amides is 1. The highest BCUT2D eigenvalue weighted by Crippen LogP contribution is 2.34. The molecule has 1 aromatic carbocycles. The number of carbonyl (C=O) groups is 1. The second-order valence-electron chi connectivity index (χ2n) is 7.79. The van der Waals surface area contributed by atoms with E-state index in [0.29, 0.717) is 26.7 Å². The van der Waals surface area contributed by atoms with E-state index in [1.807, 2.05) is 0 Å². The zero-order chi connectivity index (χ0) is 22.2. The zero-order valence-electron chi connectivity index (χ0n) is 17.1. The summed E-state index contributed by atoms with van der Waals surface area (Å²) in [5.41, 5.74) is 0.700. The third kappa shape index (κ3) is 3.80. The second-order valence-corrected chi connectivity index (χ2v) is 9.31. The molecule has 3 heterocycles. The van der Waals surface area contributed by atoms with Gasteiger partial charge >= 0.3 is 5.69 Å². The molecule has 0 bridgehead atoms. The van der Waals surface area contributed by atoms with Crippen molar-refractivity contribution >= 4 is 44.7 Å². The Morgan fingerprint density at radius 3 is 2.75 bits per heavy atom. The van der Waals surface area contributed by atoms with Gasteiger partial charge in [0.2, 0.25) is 5.91 Å². The topological polar surface area (TPSA) is 86.2 Å². The Kier molecular flexibility index (Phi) is 5.48.